The summed E-state index contributed by atoms with van der Waals surface area (Å²) in [6, 6.07) is 1.15. The highest BCUT2D eigenvalue weighted by molar-refractivity contribution is 6.30. The Morgan fingerprint density at radius 1 is 1.65 bits per heavy atom. The maximum Gasteiger partial charge on any atom is 0.313 e. The highest BCUT2D eigenvalue weighted by Crippen LogP contribution is 2.20. The van der Waals surface area contributed by atoms with Crippen LogP contribution in [0.1, 0.15) is 13.8 Å². The maximum atomic E-state index is 13.4. The first-order chi connectivity index (χ1) is 7.86. The van der Waals surface area contributed by atoms with E-state index in [2.05, 4.69) is 15.0 Å². The SMILES string of the molecule is COC(=O)C(C)(C)CNc1ncc(Cl)cc1F. The lowest BCUT2D eigenvalue weighted by molar-refractivity contribution is -0.149. The molecule has 0 aromatic carbocycles. The number of nitrogens with one attached hydrogen (secondary N) is 1. The molecule has 0 amide bonds. The van der Waals surface area contributed by atoms with Crippen LogP contribution >= 0.6 is 11.6 Å². The second kappa shape index (κ2) is 5.31. The minimum absolute atomic E-state index is 0.0615. The van der Waals surface area contributed by atoms with Gasteiger partial charge in [-0.05, 0) is 19.9 Å². The molecule has 0 unspecified atom stereocenters. The van der Waals surface area contributed by atoms with Gasteiger partial charge in [0.25, 0.3) is 0 Å². The van der Waals surface area contributed by atoms with E-state index in [1.807, 2.05) is 0 Å². The zero-order valence-corrected chi connectivity index (χ0v) is 10.6. The molecular formula is C11H14ClFN2O2. The Kier molecular flexibility index (Phi) is 4.28. The fourth-order valence-electron chi connectivity index (χ4n) is 1.20. The molecule has 0 spiro atoms. The van der Waals surface area contributed by atoms with Crippen LogP contribution in [0.2, 0.25) is 5.02 Å². The Labute approximate surface area is 104 Å². The van der Waals surface area contributed by atoms with Crippen molar-refractivity contribution in [3.63, 3.8) is 0 Å². The number of nitrogens with zero attached hydrogens (tertiary/aromatic N) is 1. The van der Waals surface area contributed by atoms with Gasteiger partial charge in [0.1, 0.15) is 0 Å². The number of rotatable bonds is 4. The van der Waals surface area contributed by atoms with E-state index in [1.165, 1.54) is 13.3 Å². The second-order valence-corrected chi connectivity index (χ2v) is 4.65. The van der Waals surface area contributed by atoms with Gasteiger partial charge in [0.2, 0.25) is 0 Å². The quantitative estimate of drug-likeness (QED) is 0.845. The van der Waals surface area contributed by atoms with Gasteiger partial charge < -0.3 is 10.1 Å². The molecule has 0 aliphatic rings. The van der Waals surface area contributed by atoms with Crippen molar-refractivity contribution >= 4 is 23.4 Å². The van der Waals surface area contributed by atoms with Gasteiger partial charge in [0.15, 0.2) is 11.6 Å². The molecule has 1 heterocycles. The van der Waals surface area contributed by atoms with Crippen LogP contribution in [0.3, 0.4) is 0 Å². The molecule has 6 heteroatoms. The molecule has 0 aliphatic heterocycles. The van der Waals surface area contributed by atoms with Gasteiger partial charge in [-0.2, -0.15) is 0 Å². The Bertz CT molecular complexity index is 424. The van der Waals surface area contributed by atoms with E-state index >= 15 is 0 Å². The summed E-state index contributed by atoms with van der Waals surface area (Å²) in [5.41, 5.74) is -0.761. The van der Waals surface area contributed by atoms with Crippen LogP contribution in [-0.4, -0.2) is 24.6 Å². The van der Waals surface area contributed by atoms with Crippen molar-refractivity contribution in [2.45, 2.75) is 13.8 Å². The van der Waals surface area contributed by atoms with Gasteiger partial charge in [0.05, 0.1) is 17.5 Å². The Morgan fingerprint density at radius 2 is 2.29 bits per heavy atom. The Morgan fingerprint density at radius 3 is 2.82 bits per heavy atom. The van der Waals surface area contributed by atoms with E-state index in [4.69, 9.17) is 11.6 Å². The van der Waals surface area contributed by atoms with Crippen molar-refractivity contribution in [2.24, 2.45) is 5.41 Å². The van der Waals surface area contributed by atoms with E-state index in [-0.39, 0.29) is 23.4 Å². The third-order valence-corrected chi connectivity index (χ3v) is 2.45. The van der Waals surface area contributed by atoms with Crippen LogP contribution in [0.5, 0.6) is 0 Å². The second-order valence-electron chi connectivity index (χ2n) is 4.21. The average molecular weight is 261 g/mol. The Hall–Kier alpha value is -1.36. The lowest BCUT2D eigenvalue weighted by Crippen LogP contribution is -2.33. The summed E-state index contributed by atoms with van der Waals surface area (Å²) in [5, 5.41) is 2.97. The van der Waals surface area contributed by atoms with Gasteiger partial charge in [0, 0.05) is 12.7 Å². The molecule has 1 aromatic rings. The van der Waals surface area contributed by atoms with Crippen LogP contribution in [0, 0.1) is 11.2 Å². The van der Waals surface area contributed by atoms with E-state index < -0.39 is 11.2 Å². The van der Waals surface area contributed by atoms with Crippen molar-refractivity contribution in [1.29, 1.82) is 0 Å². The molecule has 0 bridgehead atoms. The minimum atomic E-state index is -0.761. The van der Waals surface area contributed by atoms with Gasteiger partial charge in [-0.3, -0.25) is 4.79 Å². The standard InChI is InChI=1S/C11H14ClFN2O2/c1-11(2,10(16)17-3)6-15-9-8(13)4-7(12)5-14-9/h4-5H,6H2,1-3H3,(H,14,15). The van der Waals surface area contributed by atoms with Crippen LogP contribution in [0.4, 0.5) is 10.2 Å². The fourth-order valence-corrected chi connectivity index (χ4v) is 1.34. The number of aromatic nitrogens is 1. The number of ether oxygens (including phenoxy) is 1. The van der Waals surface area contributed by atoms with Gasteiger partial charge >= 0.3 is 5.97 Å². The molecule has 4 nitrogen and oxygen atoms in total. The first kappa shape index (κ1) is 13.7. The van der Waals surface area contributed by atoms with E-state index in [9.17, 15) is 9.18 Å². The molecule has 0 atom stereocenters. The number of carbonyl (C=O) groups excluding carboxylic acids is 1. The zero-order valence-electron chi connectivity index (χ0n) is 9.88. The molecule has 0 aliphatic carbocycles. The molecule has 1 rings (SSSR count). The molecule has 94 valence electrons. The summed E-state index contributed by atoms with van der Waals surface area (Å²) in [6.07, 6.45) is 1.33. The molecule has 0 radical (unpaired) electrons. The lowest BCUT2D eigenvalue weighted by Gasteiger charge is -2.22. The maximum absolute atomic E-state index is 13.4. The zero-order chi connectivity index (χ0) is 13.1. The van der Waals surface area contributed by atoms with E-state index in [0.29, 0.717) is 0 Å². The number of carbonyl (C=O) groups is 1. The highest BCUT2D eigenvalue weighted by Gasteiger charge is 2.28. The fraction of sp³-hybridized carbons (Fsp3) is 0.455. The predicted octanol–water partition coefficient (Wildman–Crippen LogP) is 2.49. The molecule has 0 fully saturated rings. The van der Waals surface area contributed by atoms with Crippen LogP contribution in [-0.2, 0) is 9.53 Å². The van der Waals surface area contributed by atoms with Gasteiger partial charge in [-0.25, -0.2) is 9.37 Å². The lowest BCUT2D eigenvalue weighted by atomic mass is 9.94. The number of hydrogen-bond donors (Lipinski definition) is 1. The summed E-state index contributed by atoms with van der Waals surface area (Å²) in [5.74, 6) is -0.871. The van der Waals surface area contributed by atoms with Crippen molar-refractivity contribution in [3.8, 4) is 0 Å². The van der Waals surface area contributed by atoms with Crippen LogP contribution in [0.15, 0.2) is 12.3 Å². The largest absolute Gasteiger partial charge is 0.469 e. The molecule has 0 saturated heterocycles. The number of methoxy groups -OCH3 is 1. The van der Waals surface area contributed by atoms with Crippen molar-refractivity contribution < 1.29 is 13.9 Å². The van der Waals surface area contributed by atoms with Crippen LogP contribution in [0.25, 0.3) is 0 Å². The third kappa shape index (κ3) is 3.56. The van der Waals surface area contributed by atoms with Gasteiger partial charge in [-0.15, -0.1) is 0 Å². The van der Waals surface area contributed by atoms with Crippen molar-refractivity contribution in [1.82, 2.24) is 4.98 Å². The average Bonchev–Trinajstić information content (AvgIpc) is 2.26. The first-order valence-corrected chi connectivity index (χ1v) is 5.38. The number of halogens is 2. The van der Waals surface area contributed by atoms with Gasteiger partial charge in [-0.1, -0.05) is 11.6 Å². The molecule has 1 N–H and O–H groups in total. The number of pyridine rings is 1. The summed E-state index contributed by atoms with van der Waals surface area (Å²) in [4.78, 5) is 15.2. The molecule has 17 heavy (non-hydrogen) atoms. The number of esters is 1. The number of anilines is 1. The monoisotopic (exact) mass is 260 g/mol. The molecule has 0 saturated carbocycles. The summed E-state index contributed by atoms with van der Waals surface area (Å²) >= 11 is 5.58. The highest BCUT2D eigenvalue weighted by atomic mass is 35.5. The topological polar surface area (TPSA) is 51.2 Å². The molecule has 1 aromatic heterocycles. The summed E-state index contributed by atoms with van der Waals surface area (Å²) < 4.78 is 18.0. The summed E-state index contributed by atoms with van der Waals surface area (Å²) in [7, 11) is 1.31. The first-order valence-electron chi connectivity index (χ1n) is 5.00. The van der Waals surface area contributed by atoms with Crippen molar-refractivity contribution in [3.05, 3.63) is 23.1 Å². The Balaban J connectivity index is 2.70. The summed E-state index contributed by atoms with van der Waals surface area (Å²) in [6.45, 7) is 3.60. The predicted molar refractivity (Wildman–Crippen MR) is 63.5 cm³/mol. The number of hydrogen-bond acceptors (Lipinski definition) is 4. The smallest absolute Gasteiger partial charge is 0.313 e. The third-order valence-electron chi connectivity index (χ3n) is 2.24. The normalized spacial score (nSPS) is 11.1. The van der Waals surface area contributed by atoms with E-state index in [1.54, 1.807) is 13.8 Å². The minimum Gasteiger partial charge on any atom is -0.469 e. The van der Waals surface area contributed by atoms with Crippen molar-refractivity contribution in [2.75, 3.05) is 19.0 Å². The van der Waals surface area contributed by atoms with Crippen LogP contribution < -0.4 is 5.32 Å². The molecular weight excluding hydrogens is 247 g/mol. The van der Waals surface area contributed by atoms with E-state index in [0.717, 1.165) is 6.07 Å².